The highest BCUT2D eigenvalue weighted by atomic mass is 19.1. The third kappa shape index (κ3) is 2.23. The first-order chi connectivity index (χ1) is 10.2. The number of halogens is 1. The minimum Gasteiger partial charge on any atom is -0.494 e. The van der Waals surface area contributed by atoms with Crippen molar-refractivity contribution in [2.24, 2.45) is 0 Å². The Labute approximate surface area is 123 Å². The zero-order chi connectivity index (χ0) is 14.9. The van der Waals surface area contributed by atoms with E-state index in [0.717, 1.165) is 24.8 Å². The highest BCUT2D eigenvalue weighted by Crippen LogP contribution is 2.46. The van der Waals surface area contributed by atoms with Crippen molar-refractivity contribution >= 4 is 5.78 Å². The summed E-state index contributed by atoms with van der Waals surface area (Å²) in [4.78, 5) is 12.9. The molecule has 1 fully saturated rings. The highest BCUT2D eigenvalue weighted by Gasteiger charge is 2.45. The van der Waals surface area contributed by atoms with E-state index in [1.165, 1.54) is 19.2 Å². The van der Waals surface area contributed by atoms with Crippen LogP contribution in [0.15, 0.2) is 48.5 Å². The summed E-state index contributed by atoms with van der Waals surface area (Å²) in [5, 5.41) is 0. The Bertz CT molecular complexity index is 660. The van der Waals surface area contributed by atoms with Crippen molar-refractivity contribution < 1.29 is 13.9 Å². The van der Waals surface area contributed by atoms with Gasteiger partial charge in [0.25, 0.3) is 0 Å². The Hall–Kier alpha value is -2.16. The molecule has 108 valence electrons. The molecule has 1 saturated carbocycles. The summed E-state index contributed by atoms with van der Waals surface area (Å²) in [7, 11) is 1.41. The summed E-state index contributed by atoms with van der Waals surface area (Å²) in [6.07, 6.45) is 2.67. The fourth-order valence-corrected chi connectivity index (χ4v) is 3.02. The van der Waals surface area contributed by atoms with Crippen molar-refractivity contribution in [3.05, 3.63) is 65.5 Å². The molecular formula is C18H17FO2. The van der Waals surface area contributed by atoms with Gasteiger partial charge in [0.1, 0.15) is 0 Å². The first-order valence-electron chi connectivity index (χ1n) is 7.11. The molecular weight excluding hydrogens is 267 g/mol. The summed E-state index contributed by atoms with van der Waals surface area (Å²) in [6.45, 7) is 0. The maximum absolute atomic E-state index is 13.8. The topological polar surface area (TPSA) is 26.3 Å². The average molecular weight is 284 g/mol. The molecule has 0 aromatic heterocycles. The van der Waals surface area contributed by atoms with E-state index < -0.39 is 11.2 Å². The molecule has 0 saturated heterocycles. The van der Waals surface area contributed by atoms with Crippen molar-refractivity contribution in [2.45, 2.75) is 24.7 Å². The average Bonchev–Trinajstić information content (AvgIpc) is 2.47. The van der Waals surface area contributed by atoms with Crippen LogP contribution in [0.4, 0.5) is 4.39 Å². The number of carbonyl (C=O) groups is 1. The molecule has 0 N–H and O–H groups in total. The van der Waals surface area contributed by atoms with Gasteiger partial charge in [0.15, 0.2) is 17.3 Å². The van der Waals surface area contributed by atoms with Crippen LogP contribution in [0, 0.1) is 5.82 Å². The molecule has 0 spiro atoms. The minimum absolute atomic E-state index is 0.00139. The van der Waals surface area contributed by atoms with Gasteiger partial charge in [-0.3, -0.25) is 4.79 Å². The molecule has 0 aliphatic heterocycles. The van der Waals surface area contributed by atoms with Crippen LogP contribution in [0.3, 0.4) is 0 Å². The molecule has 2 aromatic rings. The van der Waals surface area contributed by atoms with Gasteiger partial charge in [-0.15, -0.1) is 0 Å². The van der Waals surface area contributed by atoms with Crippen molar-refractivity contribution in [3.63, 3.8) is 0 Å². The lowest BCUT2D eigenvalue weighted by Crippen LogP contribution is -2.42. The van der Waals surface area contributed by atoms with E-state index in [1.807, 2.05) is 30.3 Å². The van der Waals surface area contributed by atoms with Gasteiger partial charge in [0.05, 0.1) is 12.5 Å². The molecule has 2 nitrogen and oxygen atoms in total. The highest BCUT2D eigenvalue weighted by molar-refractivity contribution is 6.04. The quantitative estimate of drug-likeness (QED) is 0.789. The maximum Gasteiger partial charge on any atom is 0.173 e. The second-order valence-corrected chi connectivity index (χ2v) is 5.48. The smallest absolute Gasteiger partial charge is 0.173 e. The Balaban J connectivity index is 1.99. The van der Waals surface area contributed by atoms with Crippen molar-refractivity contribution in [1.29, 1.82) is 0 Å². The van der Waals surface area contributed by atoms with E-state index in [9.17, 15) is 9.18 Å². The SMILES string of the molecule is COc1ccc(C(=O)C2(c3ccccc3)CCC2)cc1F. The molecule has 0 atom stereocenters. The van der Waals surface area contributed by atoms with E-state index in [2.05, 4.69) is 0 Å². The van der Waals surface area contributed by atoms with Gasteiger partial charge in [-0.25, -0.2) is 4.39 Å². The van der Waals surface area contributed by atoms with Crippen molar-refractivity contribution in [3.8, 4) is 5.75 Å². The fourth-order valence-electron chi connectivity index (χ4n) is 3.02. The van der Waals surface area contributed by atoms with Gasteiger partial charge in [-0.05, 0) is 36.6 Å². The molecule has 3 rings (SSSR count). The third-order valence-electron chi connectivity index (χ3n) is 4.38. The van der Waals surface area contributed by atoms with Crippen molar-refractivity contribution in [2.75, 3.05) is 7.11 Å². The van der Waals surface area contributed by atoms with Gasteiger partial charge in [0, 0.05) is 5.56 Å². The standard InChI is InChI=1S/C18H17FO2/c1-21-16-9-8-13(12-15(16)19)17(20)18(10-5-11-18)14-6-3-2-4-7-14/h2-4,6-9,12H,5,10-11H2,1H3. The normalized spacial score (nSPS) is 16.1. The number of benzene rings is 2. The monoisotopic (exact) mass is 284 g/mol. The zero-order valence-electron chi connectivity index (χ0n) is 11.9. The summed E-state index contributed by atoms with van der Waals surface area (Å²) >= 11 is 0. The molecule has 1 aliphatic carbocycles. The van der Waals surface area contributed by atoms with Crippen LogP contribution in [-0.2, 0) is 5.41 Å². The number of hydrogen-bond acceptors (Lipinski definition) is 2. The van der Waals surface area contributed by atoms with E-state index in [-0.39, 0.29) is 11.5 Å². The number of methoxy groups -OCH3 is 1. The summed E-state index contributed by atoms with van der Waals surface area (Å²) in [5.74, 6) is -0.332. The largest absolute Gasteiger partial charge is 0.494 e. The van der Waals surface area contributed by atoms with Crippen molar-refractivity contribution in [1.82, 2.24) is 0 Å². The number of rotatable bonds is 4. The van der Waals surface area contributed by atoms with Crippen LogP contribution in [0.25, 0.3) is 0 Å². The predicted octanol–water partition coefficient (Wildman–Crippen LogP) is 4.14. The van der Waals surface area contributed by atoms with E-state index >= 15 is 0 Å². The van der Waals surface area contributed by atoms with Crippen LogP contribution >= 0.6 is 0 Å². The van der Waals surface area contributed by atoms with Crippen LogP contribution in [0.5, 0.6) is 5.75 Å². The molecule has 21 heavy (non-hydrogen) atoms. The number of Topliss-reactive ketones (excluding diaryl/α,β-unsaturated/α-hetero) is 1. The minimum atomic E-state index is -0.495. The summed E-state index contributed by atoms with van der Waals surface area (Å²) in [6, 6.07) is 14.2. The number of hydrogen-bond donors (Lipinski definition) is 0. The third-order valence-corrected chi connectivity index (χ3v) is 4.38. The Morgan fingerprint density at radius 1 is 1.14 bits per heavy atom. The number of carbonyl (C=O) groups excluding carboxylic acids is 1. The molecule has 3 heteroatoms. The fraction of sp³-hybridized carbons (Fsp3) is 0.278. The molecule has 0 heterocycles. The Kier molecular flexibility index (Phi) is 3.50. The van der Waals surface area contributed by atoms with E-state index in [1.54, 1.807) is 6.07 Å². The second-order valence-electron chi connectivity index (χ2n) is 5.48. The zero-order valence-corrected chi connectivity index (χ0v) is 11.9. The van der Waals surface area contributed by atoms with Gasteiger partial charge in [-0.1, -0.05) is 36.8 Å². The van der Waals surface area contributed by atoms with Gasteiger partial charge >= 0.3 is 0 Å². The molecule has 1 aliphatic rings. The number of ketones is 1. The van der Waals surface area contributed by atoms with Crippen LogP contribution in [0.1, 0.15) is 35.2 Å². The van der Waals surface area contributed by atoms with Gasteiger partial charge < -0.3 is 4.74 Å². The van der Waals surface area contributed by atoms with E-state index in [4.69, 9.17) is 4.74 Å². The summed E-state index contributed by atoms with van der Waals surface area (Å²) in [5.41, 5.74) is 0.955. The molecule has 2 aromatic carbocycles. The molecule has 0 amide bonds. The van der Waals surface area contributed by atoms with Crippen LogP contribution in [0.2, 0.25) is 0 Å². The Morgan fingerprint density at radius 3 is 2.38 bits per heavy atom. The first-order valence-corrected chi connectivity index (χ1v) is 7.11. The predicted molar refractivity (Wildman–Crippen MR) is 79.3 cm³/mol. The maximum atomic E-state index is 13.8. The lowest BCUT2D eigenvalue weighted by molar-refractivity contribution is 0.0788. The van der Waals surface area contributed by atoms with E-state index in [0.29, 0.717) is 5.56 Å². The number of ether oxygens (including phenoxy) is 1. The first kappa shape index (κ1) is 13.8. The lowest BCUT2D eigenvalue weighted by atomic mass is 9.61. The van der Waals surface area contributed by atoms with Gasteiger partial charge in [0.2, 0.25) is 0 Å². The lowest BCUT2D eigenvalue weighted by Gasteiger charge is -2.41. The summed E-state index contributed by atoms with van der Waals surface area (Å²) < 4.78 is 18.8. The molecule has 0 bridgehead atoms. The second kappa shape index (κ2) is 5.32. The Morgan fingerprint density at radius 2 is 1.86 bits per heavy atom. The van der Waals surface area contributed by atoms with Crippen LogP contribution in [-0.4, -0.2) is 12.9 Å². The van der Waals surface area contributed by atoms with Crippen LogP contribution < -0.4 is 4.74 Å². The molecule has 0 unspecified atom stereocenters. The van der Waals surface area contributed by atoms with Gasteiger partial charge in [-0.2, -0.15) is 0 Å². The molecule has 0 radical (unpaired) electrons.